The molecule has 0 atom stereocenters. The van der Waals surface area contributed by atoms with Gasteiger partial charge in [0.15, 0.2) is 29.1 Å². The van der Waals surface area contributed by atoms with Crippen molar-refractivity contribution >= 4 is 67.8 Å². The number of hydrogen-bond acceptors (Lipinski definition) is 9. The predicted octanol–water partition coefficient (Wildman–Crippen LogP) is 0.997. The van der Waals surface area contributed by atoms with Crippen molar-refractivity contribution in [3.8, 4) is 0 Å². The lowest BCUT2D eigenvalue weighted by Gasteiger charge is -2.38. The summed E-state index contributed by atoms with van der Waals surface area (Å²) in [5.41, 5.74) is 11.2. The van der Waals surface area contributed by atoms with Gasteiger partial charge in [0.25, 0.3) is 10.0 Å². The maximum Gasteiger partial charge on any atom is 0.302 e. The molecule has 6 N–H and O–H groups in total. The van der Waals surface area contributed by atoms with Gasteiger partial charge in [-0.05, 0) is 53.6 Å². The van der Waals surface area contributed by atoms with E-state index in [2.05, 4.69) is 25.6 Å². The second-order valence-electron chi connectivity index (χ2n) is 10.0. The molecule has 2 saturated heterocycles. The third-order valence-electron chi connectivity index (χ3n) is 7.25. The first-order valence-corrected chi connectivity index (χ1v) is 15.5. The van der Waals surface area contributed by atoms with Crippen LogP contribution in [-0.4, -0.2) is 76.0 Å². The molecular weight excluding hydrogens is 677 g/mol. The van der Waals surface area contributed by atoms with Crippen LogP contribution in [0.15, 0.2) is 58.7 Å². The number of benzene rings is 1. The van der Waals surface area contributed by atoms with Gasteiger partial charge in [0.05, 0.1) is 10.4 Å². The first-order valence-electron chi connectivity index (χ1n) is 13.0. The van der Waals surface area contributed by atoms with Gasteiger partial charge in [0.2, 0.25) is 5.91 Å². The normalized spacial score (nSPS) is 17.2. The minimum atomic E-state index is -3.81. The lowest BCUT2D eigenvalue weighted by Crippen LogP contribution is -2.53. The van der Waals surface area contributed by atoms with Crippen molar-refractivity contribution in [2.45, 2.75) is 36.1 Å². The van der Waals surface area contributed by atoms with Gasteiger partial charge >= 0.3 is 5.91 Å². The van der Waals surface area contributed by atoms with Crippen LogP contribution in [0.2, 0.25) is 0 Å². The zero-order valence-corrected chi connectivity index (χ0v) is 25.3. The van der Waals surface area contributed by atoms with Crippen molar-refractivity contribution in [1.29, 1.82) is 0 Å². The Kier molecular flexibility index (Phi) is 8.18. The zero-order chi connectivity index (χ0) is 30.1. The second kappa shape index (κ2) is 11.7. The summed E-state index contributed by atoms with van der Waals surface area (Å²) in [7, 11) is -3.81. The topological polar surface area (TPSA) is 208 Å². The van der Waals surface area contributed by atoms with Gasteiger partial charge < -0.3 is 27.0 Å². The largest absolute Gasteiger partial charge is 0.382 e. The Morgan fingerprint density at radius 2 is 1.74 bits per heavy atom. The van der Waals surface area contributed by atoms with Crippen molar-refractivity contribution in [2.24, 2.45) is 4.99 Å². The molecule has 0 radical (unpaired) electrons. The first-order chi connectivity index (χ1) is 20.0. The number of nitrogen functional groups attached to an aromatic ring is 2. The molecule has 5 rings (SSSR count). The van der Waals surface area contributed by atoms with Crippen molar-refractivity contribution in [2.75, 3.05) is 31.1 Å². The van der Waals surface area contributed by atoms with Crippen LogP contribution in [0, 0.1) is 3.70 Å². The maximum absolute atomic E-state index is 12.9. The summed E-state index contributed by atoms with van der Waals surface area (Å²) in [5, 5.41) is 6.37. The van der Waals surface area contributed by atoms with E-state index in [0.29, 0.717) is 42.1 Å². The number of likely N-dealkylation sites (tertiary alicyclic amines) is 1. The molecule has 1 spiro atoms. The number of ketones is 1. The molecule has 2 aliphatic heterocycles. The number of amides is 2. The standard InChI is InChI=1S/C26H28IN9O5S/c27-21-23(29)32-22(28)20(31-21)24(39)33-25-30-15-26(34-25)9-12-35(13-10-26)19(38)7-6-18(37)16-8-11-36(14-16)42(40,41)17-4-2-1-3-5-17/h1-5,8,11,14H,6-7,9-10,12-13,15H2,(H4,28,29,32)(H2,30,33,34,39). The van der Waals surface area contributed by atoms with Gasteiger partial charge in [-0.1, -0.05) is 18.2 Å². The van der Waals surface area contributed by atoms with Crippen molar-refractivity contribution in [3.63, 3.8) is 0 Å². The lowest BCUT2D eigenvalue weighted by molar-refractivity contribution is -0.132. The number of anilines is 2. The van der Waals surface area contributed by atoms with Crippen molar-refractivity contribution in [3.05, 3.63) is 63.7 Å². The van der Waals surface area contributed by atoms with E-state index in [9.17, 15) is 22.8 Å². The molecule has 0 unspecified atom stereocenters. The summed E-state index contributed by atoms with van der Waals surface area (Å²) in [5.74, 6) is -0.805. The Labute approximate surface area is 255 Å². The van der Waals surface area contributed by atoms with E-state index in [1.54, 1.807) is 23.1 Å². The highest BCUT2D eigenvalue weighted by Crippen LogP contribution is 2.26. The van der Waals surface area contributed by atoms with Crippen molar-refractivity contribution < 1.29 is 22.8 Å². The predicted molar refractivity (Wildman–Crippen MR) is 162 cm³/mol. The van der Waals surface area contributed by atoms with Crippen molar-refractivity contribution in [1.82, 2.24) is 29.5 Å². The van der Waals surface area contributed by atoms with Crippen LogP contribution in [0.3, 0.4) is 0 Å². The highest BCUT2D eigenvalue weighted by atomic mass is 127. The number of aliphatic imine (C=N–C) groups is 1. The van der Waals surface area contributed by atoms with Crippen LogP contribution >= 0.6 is 22.6 Å². The molecule has 1 aromatic carbocycles. The molecule has 0 aliphatic carbocycles. The minimum Gasteiger partial charge on any atom is -0.382 e. The number of aromatic nitrogens is 3. The maximum atomic E-state index is 12.9. The Bertz CT molecular complexity index is 1680. The fourth-order valence-electron chi connectivity index (χ4n) is 4.83. The number of nitrogens with zero attached hydrogens (tertiary/aromatic N) is 5. The molecule has 4 heterocycles. The number of carbonyl (C=O) groups is 3. The Morgan fingerprint density at radius 1 is 1.02 bits per heavy atom. The van der Waals surface area contributed by atoms with Crippen LogP contribution in [0.1, 0.15) is 46.5 Å². The molecule has 220 valence electrons. The zero-order valence-electron chi connectivity index (χ0n) is 22.3. The van der Waals surface area contributed by atoms with E-state index in [-0.39, 0.29) is 57.9 Å². The number of rotatable bonds is 7. The number of Topliss-reactive ketones (excluding diaryl/α,β-unsaturated/α-hetero) is 1. The number of guanidine groups is 1. The monoisotopic (exact) mass is 705 g/mol. The van der Waals surface area contributed by atoms with E-state index in [1.807, 2.05) is 22.6 Å². The van der Waals surface area contributed by atoms with E-state index < -0.39 is 15.9 Å². The fraction of sp³-hybridized carbons (Fsp3) is 0.308. The average molecular weight is 706 g/mol. The van der Waals surface area contributed by atoms with E-state index in [4.69, 9.17) is 11.5 Å². The molecular formula is C26H28IN9O5S. The molecule has 2 fully saturated rings. The molecule has 16 heteroatoms. The molecule has 0 bridgehead atoms. The quantitative estimate of drug-likeness (QED) is 0.201. The Balaban J connectivity index is 1.12. The summed E-state index contributed by atoms with van der Waals surface area (Å²) in [4.78, 5) is 52.1. The van der Waals surface area contributed by atoms with E-state index in [1.165, 1.54) is 30.6 Å². The van der Waals surface area contributed by atoms with E-state index >= 15 is 0 Å². The second-order valence-corrected chi connectivity index (χ2v) is 12.9. The minimum absolute atomic E-state index is 0.0121. The molecule has 3 aromatic rings. The molecule has 2 aliphatic rings. The van der Waals surface area contributed by atoms with Crippen LogP contribution in [0.4, 0.5) is 11.6 Å². The van der Waals surface area contributed by atoms with Crippen LogP contribution in [0.25, 0.3) is 0 Å². The van der Waals surface area contributed by atoms with Gasteiger partial charge in [0.1, 0.15) is 3.70 Å². The molecule has 14 nitrogen and oxygen atoms in total. The lowest BCUT2D eigenvalue weighted by atomic mass is 9.88. The number of piperidine rings is 1. The summed E-state index contributed by atoms with van der Waals surface area (Å²) in [6.45, 7) is 1.44. The molecule has 2 aromatic heterocycles. The number of carbonyl (C=O) groups excluding carboxylic acids is 3. The highest BCUT2D eigenvalue weighted by molar-refractivity contribution is 14.1. The van der Waals surface area contributed by atoms with Gasteiger partial charge in [-0.3, -0.25) is 14.4 Å². The highest BCUT2D eigenvalue weighted by Gasteiger charge is 2.40. The Hall–Kier alpha value is -4.06. The summed E-state index contributed by atoms with van der Waals surface area (Å²) >= 11 is 1.86. The SMILES string of the molecule is Nc1nc(N)c(C(=O)/N=C2\NCC3(CCN(C(=O)CCC(=O)c4ccn(S(=O)(=O)c5ccccc5)c4)CC3)N2)nc1I. The van der Waals surface area contributed by atoms with Crippen LogP contribution < -0.4 is 22.1 Å². The molecule has 2 amide bonds. The number of hydrogen-bond donors (Lipinski definition) is 4. The Morgan fingerprint density at radius 3 is 2.45 bits per heavy atom. The third kappa shape index (κ3) is 6.08. The average Bonchev–Trinajstić information content (AvgIpc) is 3.63. The molecule has 0 saturated carbocycles. The van der Waals surface area contributed by atoms with Gasteiger partial charge in [-0.15, -0.1) is 0 Å². The smallest absolute Gasteiger partial charge is 0.302 e. The van der Waals surface area contributed by atoms with Gasteiger partial charge in [0, 0.05) is 50.4 Å². The fourth-order valence-corrected chi connectivity index (χ4v) is 6.41. The van der Waals surface area contributed by atoms with Gasteiger partial charge in [-0.2, -0.15) is 4.99 Å². The van der Waals surface area contributed by atoms with Crippen LogP contribution in [-0.2, 0) is 14.8 Å². The van der Waals surface area contributed by atoms with Crippen LogP contribution in [0.5, 0.6) is 0 Å². The number of nitrogens with one attached hydrogen (secondary N) is 2. The summed E-state index contributed by atoms with van der Waals surface area (Å²) in [6, 6.07) is 9.37. The molecule has 42 heavy (non-hydrogen) atoms. The summed E-state index contributed by atoms with van der Waals surface area (Å²) < 4.78 is 26.9. The summed E-state index contributed by atoms with van der Waals surface area (Å²) in [6.07, 6.45) is 3.79. The number of nitrogens with two attached hydrogens (primary N) is 2. The number of halogens is 1. The first kappa shape index (κ1) is 29.4. The third-order valence-corrected chi connectivity index (χ3v) is 9.69. The van der Waals surface area contributed by atoms with Gasteiger partial charge in [-0.25, -0.2) is 22.4 Å². The van der Waals surface area contributed by atoms with E-state index in [0.717, 1.165) is 3.97 Å².